The molecule has 4 bridgehead atoms. The molecule has 28 heavy (non-hydrogen) atoms. The number of likely N-dealkylation sites (N-methyl/N-ethyl adjacent to an activating group) is 1. The first kappa shape index (κ1) is 18.2. The van der Waals surface area contributed by atoms with Crippen molar-refractivity contribution in [3.63, 3.8) is 0 Å². The number of fused-ring (bicyclic) bond motifs is 3. The molecular formula is C22H29N2O4+. The van der Waals surface area contributed by atoms with Crippen LogP contribution in [0.4, 0.5) is 5.69 Å². The zero-order valence-corrected chi connectivity index (χ0v) is 16.7. The summed E-state index contributed by atoms with van der Waals surface area (Å²) in [4.78, 5) is 13.5. The number of esters is 1. The molecule has 4 heterocycles. The van der Waals surface area contributed by atoms with Gasteiger partial charge in [0, 0.05) is 18.0 Å². The van der Waals surface area contributed by atoms with E-state index in [0.29, 0.717) is 17.3 Å². The molecule has 6 heteroatoms. The number of aliphatic hydroxyl groups is 2. The Kier molecular flexibility index (Phi) is 3.49. The molecule has 4 aliphatic heterocycles. The lowest BCUT2D eigenvalue weighted by Gasteiger charge is -2.58. The average Bonchev–Trinajstić information content (AvgIpc) is 3.12. The molecule has 1 unspecified atom stereocenters. The minimum Gasteiger partial charge on any atom is -0.468 e. The topological polar surface area (TPSA) is 78.8 Å². The van der Waals surface area contributed by atoms with E-state index in [1.165, 1.54) is 7.11 Å². The van der Waals surface area contributed by atoms with Gasteiger partial charge in [0.05, 0.1) is 32.7 Å². The first-order valence-corrected chi connectivity index (χ1v) is 10.1. The van der Waals surface area contributed by atoms with E-state index in [9.17, 15) is 15.0 Å². The van der Waals surface area contributed by atoms with Crippen molar-refractivity contribution in [2.24, 2.45) is 11.3 Å². The molecule has 6 nitrogen and oxygen atoms in total. The Labute approximate surface area is 165 Å². The van der Waals surface area contributed by atoms with Crippen molar-refractivity contribution in [1.29, 1.82) is 0 Å². The number of nitrogens with zero attached hydrogens (tertiary/aromatic N) is 1. The Bertz CT molecular complexity index is 900. The molecule has 1 spiro atoms. The van der Waals surface area contributed by atoms with Crippen LogP contribution in [0.1, 0.15) is 25.3 Å². The fraction of sp³-hybridized carbons (Fsp3) is 0.591. The number of quaternary nitrogens is 1. The van der Waals surface area contributed by atoms with E-state index in [-0.39, 0.29) is 18.5 Å². The summed E-state index contributed by atoms with van der Waals surface area (Å²) in [7, 11) is 3.59. The van der Waals surface area contributed by atoms with E-state index in [0.717, 1.165) is 29.9 Å². The summed E-state index contributed by atoms with van der Waals surface area (Å²) >= 11 is 0. The maximum atomic E-state index is 13.5. The van der Waals surface area contributed by atoms with E-state index < -0.39 is 22.6 Å². The Morgan fingerprint density at radius 1 is 1.43 bits per heavy atom. The van der Waals surface area contributed by atoms with Gasteiger partial charge in [-0.15, -0.1) is 0 Å². The minimum absolute atomic E-state index is 0.258. The highest BCUT2D eigenvalue weighted by molar-refractivity contribution is 5.85. The number of hydrogen-bond donors (Lipinski definition) is 3. The normalized spacial score (nSPS) is 46.7. The van der Waals surface area contributed by atoms with Crippen LogP contribution >= 0.6 is 0 Å². The van der Waals surface area contributed by atoms with Gasteiger partial charge in [0.25, 0.3) is 0 Å². The molecule has 1 aliphatic carbocycles. The molecule has 0 aromatic heterocycles. The summed E-state index contributed by atoms with van der Waals surface area (Å²) in [5.74, 6) is -0.629. The van der Waals surface area contributed by atoms with Gasteiger partial charge in [-0.1, -0.05) is 24.3 Å². The van der Waals surface area contributed by atoms with Gasteiger partial charge in [-0.05, 0) is 30.5 Å². The van der Waals surface area contributed by atoms with E-state index >= 15 is 0 Å². The maximum absolute atomic E-state index is 13.5. The van der Waals surface area contributed by atoms with Crippen molar-refractivity contribution in [1.82, 2.24) is 0 Å². The quantitative estimate of drug-likeness (QED) is 0.407. The summed E-state index contributed by atoms with van der Waals surface area (Å²) < 4.78 is 5.98. The third-order valence-corrected chi connectivity index (χ3v) is 8.64. The highest BCUT2D eigenvalue weighted by atomic mass is 16.5. The molecule has 3 N–H and O–H groups in total. The number of allylic oxidation sites excluding steroid dienone is 1. The Morgan fingerprint density at radius 3 is 2.86 bits per heavy atom. The van der Waals surface area contributed by atoms with E-state index in [1.54, 1.807) is 0 Å². The van der Waals surface area contributed by atoms with Gasteiger partial charge in [0.1, 0.15) is 18.1 Å². The number of rotatable bonds is 2. The Morgan fingerprint density at radius 2 is 2.18 bits per heavy atom. The highest BCUT2D eigenvalue weighted by Crippen LogP contribution is 2.74. The van der Waals surface area contributed by atoms with Gasteiger partial charge in [0.15, 0.2) is 0 Å². The predicted molar refractivity (Wildman–Crippen MR) is 104 cm³/mol. The molecule has 3 saturated heterocycles. The lowest BCUT2D eigenvalue weighted by Crippen LogP contribution is -2.78. The smallest absolute Gasteiger partial charge is 0.316 e. The van der Waals surface area contributed by atoms with Crippen LogP contribution in [0, 0.1) is 11.3 Å². The summed E-state index contributed by atoms with van der Waals surface area (Å²) in [6.45, 7) is 3.26. The summed E-state index contributed by atoms with van der Waals surface area (Å²) in [6.07, 6.45) is 2.59. The van der Waals surface area contributed by atoms with Crippen LogP contribution < -0.4 is 5.32 Å². The number of hydrogen-bond acceptors (Lipinski definition) is 5. The van der Waals surface area contributed by atoms with Crippen molar-refractivity contribution in [2.75, 3.05) is 39.2 Å². The highest BCUT2D eigenvalue weighted by Gasteiger charge is 2.88. The lowest BCUT2D eigenvalue weighted by molar-refractivity contribution is -0.944. The molecule has 4 fully saturated rings. The summed E-state index contributed by atoms with van der Waals surface area (Å²) in [6, 6.07) is 8.04. The number of anilines is 1. The molecule has 1 saturated carbocycles. The fourth-order valence-corrected chi connectivity index (χ4v) is 7.70. The molecule has 150 valence electrons. The molecule has 5 aliphatic rings. The number of carbonyl (C=O) groups excluding carboxylic acids is 1. The Hall–Kier alpha value is -1.89. The zero-order valence-electron chi connectivity index (χ0n) is 16.7. The Balaban J connectivity index is 1.96. The lowest BCUT2D eigenvalue weighted by atomic mass is 9.45. The molecular weight excluding hydrogens is 356 g/mol. The number of methoxy groups -OCH3 is 1. The number of nitrogens with one attached hydrogen (secondary N) is 1. The monoisotopic (exact) mass is 385 g/mol. The predicted octanol–water partition coefficient (Wildman–Crippen LogP) is 1.39. The van der Waals surface area contributed by atoms with Crippen molar-refractivity contribution >= 4 is 11.7 Å². The van der Waals surface area contributed by atoms with Crippen LogP contribution in [0.25, 0.3) is 0 Å². The number of ether oxygens (including phenoxy) is 1. The molecule has 0 radical (unpaired) electrons. The third kappa shape index (κ3) is 1.52. The molecule has 0 amide bonds. The van der Waals surface area contributed by atoms with Crippen LogP contribution in [0.5, 0.6) is 0 Å². The van der Waals surface area contributed by atoms with Crippen molar-refractivity contribution in [3.05, 3.63) is 41.5 Å². The van der Waals surface area contributed by atoms with Crippen LogP contribution in [-0.2, 0) is 14.9 Å². The van der Waals surface area contributed by atoms with E-state index in [1.807, 2.05) is 25.1 Å². The van der Waals surface area contributed by atoms with Gasteiger partial charge in [-0.3, -0.25) is 9.28 Å². The van der Waals surface area contributed by atoms with Gasteiger partial charge < -0.3 is 20.3 Å². The first-order valence-electron chi connectivity index (χ1n) is 10.1. The van der Waals surface area contributed by atoms with Crippen LogP contribution in [-0.4, -0.2) is 66.3 Å². The number of para-hydroxylation sites is 1. The number of carbonyl (C=O) groups is 1. The largest absolute Gasteiger partial charge is 0.468 e. The molecule has 6 rings (SSSR count). The van der Waals surface area contributed by atoms with Crippen molar-refractivity contribution in [3.8, 4) is 0 Å². The summed E-state index contributed by atoms with van der Waals surface area (Å²) in [5.41, 5.74) is 0.476. The van der Waals surface area contributed by atoms with Crippen LogP contribution in [0.3, 0.4) is 0 Å². The van der Waals surface area contributed by atoms with E-state index in [4.69, 9.17) is 4.74 Å². The van der Waals surface area contributed by atoms with Gasteiger partial charge in [0.2, 0.25) is 5.66 Å². The van der Waals surface area contributed by atoms with Crippen molar-refractivity contribution < 1.29 is 24.2 Å². The second kappa shape index (κ2) is 5.38. The second-order valence-corrected chi connectivity index (χ2v) is 9.16. The number of benzene rings is 1. The first-order chi connectivity index (χ1) is 13.4. The number of aliphatic hydroxyl groups excluding tert-OH is 2. The van der Waals surface area contributed by atoms with Crippen LogP contribution in [0.15, 0.2) is 35.9 Å². The average molecular weight is 385 g/mol. The zero-order chi connectivity index (χ0) is 19.9. The third-order valence-electron chi connectivity index (χ3n) is 8.64. The van der Waals surface area contributed by atoms with Crippen LogP contribution in [0.2, 0.25) is 0 Å². The van der Waals surface area contributed by atoms with Gasteiger partial charge in [-0.25, -0.2) is 0 Å². The minimum atomic E-state index is -1.13. The maximum Gasteiger partial charge on any atom is 0.316 e. The molecule has 1 aromatic rings. The SMILES string of the molecule is C/C=C1/C[N+]2(C)CC[C@@]34c5ccccc5N[C@]32[C@@H](O)C[C@@H]1[C@]4(CO)C(=O)OC. The standard InChI is InChI=1S/C22H29N2O4/c1-4-14-12-24(2)10-9-21-15-7-5-6-8-17(15)23-22(21,24)18(26)11-16(14)20(21,13-25)19(27)28-3/h4-8,16,18,23,25-26H,9-13H2,1-3H3/q+1/b14-4-/t16-,18-,20+,21-,22-,24?/m0/s1. The second-order valence-electron chi connectivity index (χ2n) is 9.16. The molecule has 1 aromatic carbocycles. The fourth-order valence-electron chi connectivity index (χ4n) is 7.70. The van der Waals surface area contributed by atoms with Gasteiger partial charge in [-0.2, -0.15) is 0 Å². The molecule has 6 atom stereocenters. The van der Waals surface area contributed by atoms with Crippen molar-refractivity contribution in [2.45, 2.75) is 36.9 Å². The van der Waals surface area contributed by atoms with E-state index in [2.05, 4.69) is 24.5 Å². The summed E-state index contributed by atoms with van der Waals surface area (Å²) in [5, 5.41) is 26.2. The van der Waals surface area contributed by atoms with Gasteiger partial charge >= 0.3 is 5.97 Å².